The number of carboxylic acids is 2. The number of aliphatic carboxylic acids is 2. The molecule has 4 heterocycles. The van der Waals surface area contributed by atoms with Crippen LogP contribution >= 0.6 is 0 Å². The Morgan fingerprint density at radius 3 is 2.05 bits per heavy atom. The Balaban J connectivity index is 0.00000112. The lowest BCUT2D eigenvalue weighted by Crippen LogP contribution is -2.61. The highest BCUT2D eigenvalue weighted by molar-refractivity contribution is 5.92. The van der Waals surface area contributed by atoms with Gasteiger partial charge in [0.15, 0.2) is 24.0 Å². The van der Waals surface area contributed by atoms with Gasteiger partial charge in [0.25, 0.3) is 0 Å². The van der Waals surface area contributed by atoms with Gasteiger partial charge in [-0.15, -0.1) is 0 Å². The number of aliphatic hydroxyl groups excluding tert-OH is 2. The predicted molar refractivity (Wildman–Crippen MR) is 221 cm³/mol. The summed E-state index contributed by atoms with van der Waals surface area (Å²) in [4.78, 5) is 49.9. The molecule has 16 atom stereocenters. The third kappa shape index (κ3) is 11.8. The number of nitrogens with zero attached hydrogens (tertiary/aromatic N) is 1. The fourth-order valence-corrected chi connectivity index (χ4v) is 9.19. The van der Waals surface area contributed by atoms with Crippen LogP contribution in [0.2, 0.25) is 0 Å². The van der Waals surface area contributed by atoms with E-state index in [0.717, 1.165) is 5.57 Å². The van der Waals surface area contributed by atoms with E-state index in [1.807, 2.05) is 41.7 Å². The monoisotopic (exact) mass is 871 g/mol. The summed E-state index contributed by atoms with van der Waals surface area (Å²) in [6, 6.07) is -0.0782. The van der Waals surface area contributed by atoms with Crippen molar-refractivity contribution in [3.05, 3.63) is 23.5 Å². The average Bonchev–Trinajstić information content (AvgIpc) is 3.52. The van der Waals surface area contributed by atoms with Crippen LogP contribution < -0.4 is 0 Å². The zero-order valence-electron chi connectivity index (χ0n) is 38.7. The molecule has 0 aromatic rings. The minimum absolute atomic E-state index is 0.164. The minimum atomic E-state index is -1.48. The molecule has 17 heteroatoms. The summed E-state index contributed by atoms with van der Waals surface area (Å²) >= 11 is 0. The Labute approximate surface area is 361 Å². The first-order valence-corrected chi connectivity index (χ1v) is 21.3. The molecule has 4 rings (SSSR count). The van der Waals surface area contributed by atoms with Crippen molar-refractivity contribution in [3.8, 4) is 0 Å². The van der Waals surface area contributed by atoms with Gasteiger partial charge >= 0.3 is 17.9 Å². The van der Waals surface area contributed by atoms with Gasteiger partial charge in [0, 0.05) is 57.2 Å². The van der Waals surface area contributed by atoms with Gasteiger partial charge in [-0.05, 0) is 94.7 Å². The summed E-state index contributed by atoms with van der Waals surface area (Å²) in [7, 11) is 4.97. The number of Topliss-reactive ketones (excluding diaryl/α,β-unsaturated/α-hetero) is 1. The summed E-state index contributed by atoms with van der Waals surface area (Å²) in [6.45, 7) is 22.5. The van der Waals surface area contributed by atoms with Gasteiger partial charge in [-0.25, -0.2) is 9.59 Å². The van der Waals surface area contributed by atoms with E-state index >= 15 is 0 Å². The van der Waals surface area contributed by atoms with Crippen LogP contribution in [-0.2, 0) is 57.1 Å². The second-order valence-corrected chi connectivity index (χ2v) is 18.1. The lowest BCUT2D eigenvalue weighted by Gasteiger charge is -2.49. The van der Waals surface area contributed by atoms with Crippen molar-refractivity contribution in [1.82, 2.24) is 4.90 Å². The molecule has 61 heavy (non-hydrogen) atoms. The van der Waals surface area contributed by atoms with E-state index in [1.165, 1.54) is 14.2 Å². The number of ether oxygens (including phenoxy) is 8. The van der Waals surface area contributed by atoms with Gasteiger partial charge in [-0.1, -0.05) is 13.8 Å². The quantitative estimate of drug-likeness (QED) is 0.168. The van der Waals surface area contributed by atoms with Crippen LogP contribution in [0.25, 0.3) is 0 Å². The molecule has 0 amide bonds. The summed E-state index contributed by atoms with van der Waals surface area (Å²) in [5.74, 6) is -5.10. The number of methoxy groups -OCH3 is 2. The maximum absolute atomic E-state index is 14.4. The number of rotatable bonds is 11. The highest BCUT2D eigenvalue weighted by atomic mass is 16.7. The largest absolute Gasteiger partial charge is 0.488 e. The molecule has 4 N–H and O–H groups in total. The number of hydrogen-bond acceptors (Lipinski definition) is 15. The molecular formula is C44H73NO16. The van der Waals surface area contributed by atoms with Gasteiger partial charge in [0.05, 0.1) is 35.7 Å². The van der Waals surface area contributed by atoms with Crippen molar-refractivity contribution in [2.24, 2.45) is 17.8 Å². The van der Waals surface area contributed by atoms with Crippen molar-refractivity contribution < 1.29 is 77.5 Å². The third-order valence-electron chi connectivity index (χ3n) is 13.2. The van der Waals surface area contributed by atoms with Gasteiger partial charge in [-0.2, -0.15) is 0 Å². The average molecular weight is 872 g/mol. The van der Waals surface area contributed by atoms with Crippen LogP contribution in [0, 0.1) is 17.8 Å². The van der Waals surface area contributed by atoms with E-state index in [4.69, 9.17) is 48.1 Å². The number of aliphatic hydroxyl groups is 2. The van der Waals surface area contributed by atoms with E-state index in [-0.39, 0.29) is 30.4 Å². The third-order valence-corrected chi connectivity index (χ3v) is 13.2. The van der Waals surface area contributed by atoms with Crippen molar-refractivity contribution in [2.75, 3.05) is 21.3 Å². The molecule has 0 radical (unpaired) electrons. The molecule has 350 valence electrons. The molecule has 0 saturated carbocycles. The first-order chi connectivity index (χ1) is 28.2. The van der Waals surface area contributed by atoms with Crippen molar-refractivity contribution in [2.45, 2.75) is 193 Å². The Bertz CT molecular complexity index is 1590. The predicted octanol–water partition coefficient (Wildman–Crippen LogP) is 4.25. The van der Waals surface area contributed by atoms with E-state index in [9.17, 15) is 29.4 Å². The van der Waals surface area contributed by atoms with Crippen molar-refractivity contribution in [1.29, 1.82) is 0 Å². The van der Waals surface area contributed by atoms with Gasteiger partial charge in [0.2, 0.25) is 0 Å². The Morgan fingerprint density at radius 2 is 1.54 bits per heavy atom. The van der Waals surface area contributed by atoms with Crippen molar-refractivity contribution in [3.63, 3.8) is 0 Å². The molecule has 3 saturated heterocycles. The van der Waals surface area contributed by atoms with Crippen LogP contribution in [0.1, 0.15) is 109 Å². The highest BCUT2D eigenvalue weighted by Gasteiger charge is 2.56. The molecular weight excluding hydrogens is 798 g/mol. The number of likely N-dealkylation sites (N-methyl/N-ethyl adjacent to an activating group) is 1. The molecule has 4 aliphatic heterocycles. The Morgan fingerprint density at radius 1 is 0.951 bits per heavy atom. The highest BCUT2D eigenvalue weighted by Crippen LogP contribution is 2.47. The number of allylic oxidation sites excluding steroid dienone is 1. The van der Waals surface area contributed by atoms with E-state index < -0.39 is 102 Å². The second-order valence-electron chi connectivity index (χ2n) is 18.1. The van der Waals surface area contributed by atoms with Crippen molar-refractivity contribution >= 4 is 23.7 Å². The van der Waals surface area contributed by atoms with Crippen LogP contribution in [0.3, 0.4) is 0 Å². The second kappa shape index (κ2) is 21.1. The standard InChI is InChI=1S/C40H69NO12.C4H4O4/c1-16-28-40(12,47-15)33(43)23(6)31-21(4)18-39(11,53-31)35(52-37-30(42)27(17-22(5)48-37)41(13)20(2)3)24(7)32(25(8)36(45)50-28)51-29-19-38(10,46-14)34(44)26(9)49-29;5-3(6)1-2-4(7)8/h20,22-30,32,34-35,37,42,44H,16-19H2,1-15H3;1-2H,(H,5,6)(H,7,8)/b;2-1+/t22-,23-,24+,25-,26+,27+,28+,29?,30-,32+,34+,35-,37+,38-,39-,40-;/m1./s1. The van der Waals surface area contributed by atoms with Crippen LogP contribution in [-0.4, -0.2) is 154 Å². The molecule has 3 fully saturated rings. The number of carboxylic acid groups (broad SMARTS) is 2. The minimum Gasteiger partial charge on any atom is -0.488 e. The van der Waals surface area contributed by atoms with Gasteiger partial charge in [-0.3, -0.25) is 14.5 Å². The number of cyclic esters (lactones) is 1. The molecule has 0 spiro atoms. The maximum Gasteiger partial charge on any atom is 0.328 e. The number of esters is 1. The smallest absolute Gasteiger partial charge is 0.328 e. The zero-order chi connectivity index (χ0) is 46.5. The van der Waals surface area contributed by atoms with E-state index in [0.29, 0.717) is 37.2 Å². The molecule has 0 aromatic carbocycles. The number of carbonyl (C=O) groups excluding carboxylic acids is 2. The number of ketones is 1. The Hall–Kier alpha value is -3.00. The SMILES string of the molecule is CC[C@@H]1OC(=O)[C@H](C)[C@@H](OC2C[C@@](C)(OC)[C@@H](O)[C@H](C)O2)[C@H](C)[C@@H](O[C@@H]2O[C@H](C)C[C@H](N(C)C(C)C)[C@H]2O)[C@@]2(C)CC(C)=C(O2)[C@@H](C)C(=O)[C@]1(C)OC.O=C(O)/C=C/C(=O)O. The van der Waals surface area contributed by atoms with Crippen LogP contribution in [0.4, 0.5) is 0 Å². The fraction of sp³-hybridized carbons (Fsp3) is 0.818. The lowest BCUT2D eigenvalue weighted by molar-refractivity contribution is -0.317. The fourth-order valence-electron chi connectivity index (χ4n) is 9.19. The molecule has 2 bridgehead atoms. The van der Waals surface area contributed by atoms with Crippen LogP contribution in [0.15, 0.2) is 23.5 Å². The summed E-state index contributed by atoms with van der Waals surface area (Å²) < 4.78 is 51.1. The first-order valence-electron chi connectivity index (χ1n) is 21.3. The summed E-state index contributed by atoms with van der Waals surface area (Å²) in [6.07, 6.45) is -4.72. The number of carbonyl (C=O) groups is 4. The molecule has 1 unspecified atom stereocenters. The molecule has 17 nitrogen and oxygen atoms in total. The normalized spacial score (nSPS) is 41.3. The Kier molecular flexibility index (Phi) is 18.1. The van der Waals surface area contributed by atoms with E-state index in [2.05, 4.69) is 18.7 Å². The number of hydrogen-bond donors (Lipinski definition) is 4. The van der Waals surface area contributed by atoms with Gasteiger partial charge < -0.3 is 58.3 Å². The topological polar surface area (TPSA) is 226 Å². The summed E-state index contributed by atoms with van der Waals surface area (Å²) in [5.41, 5.74) is -2.66. The molecule has 0 aliphatic carbocycles. The number of fused-ring (bicyclic) bond motifs is 2. The first kappa shape index (κ1) is 52.3. The molecule has 0 aromatic heterocycles. The maximum atomic E-state index is 14.4. The van der Waals surface area contributed by atoms with Crippen LogP contribution in [0.5, 0.6) is 0 Å². The zero-order valence-corrected chi connectivity index (χ0v) is 38.7. The molecule has 4 aliphatic rings. The summed E-state index contributed by atoms with van der Waals surface area (Å²) in [5, 5.41) is 38.4. The van der Waals surface area contributed by atoms with Gasteiger partial charge in [0.1, 0.15) is 35.8 Å². The lowest BCUT2D eigenvalue weighted by atomic mass is 9.79. The van der Waals surface area contributed by atoms with E-state index in [1.54, 1.807) is 34.6 Å².